The molecule has 1 N–H and O–H groups in total. The first kappa shape index (κ1) is 17.2. The molecule has 0 fully saturated rings. The molecule has 0 unspecified atom stereocenters. The van der Waals surface area contributed by atoms with Crippen LogP contribution in [0.4, 0.5) is 5.82 Å². The Morgan fingerprint density at radius 3 is 2.45 bits per heavy atom. The molecule has 29 heavy (non-hydrogen) atoms. The van der Waals surface area contributed by atoms with Crippen LogP contribution < -0.4 is 5.32 Å². The van der Waals surface area contributed by atoms with Gasteiger partial charge in [0, 0.05) is 11.8 Å². The van der Waals surface area contributed by atoms with E-state index < -0.39 is 0 Å². The summed E-state index contributed by atoms with van der Waals surface area (Å²) in [7, 11) is 0. The van der Waals surface area contributed by atoms with Crippen LogP contribution in [0.3, 0.4) is 0 Å². The number of pyridine rings is 1. The highest BCUT2D eigenvalue weighted by Crippen LogP contribution is 2.31. The topological polar surface area (TPSA) is 46.4 Å². The molecule has 4 nitrogen and oxygen atoms in total. The van der Waals surface area contributed by atoms with E-state index in [9.17, 15) is 4.79 Å². The molecule has 0 spiro atoms. The first-order valence-electron chi connectivity index (χ1n) is 9.58. The standard InChI is InChI=1S/C25H19N3O/c29-23(16-18-8-2-1-3-9-18)27-25-24(26-22-12-6-7-15-28(22)25)21-14-13-19-10-4-5-11-20(19)17-21/h1-15,17H,16H2,(H,27,29). The lowest BCUT2D eigenvalue weighted by Gasteiger charge is -2.09. The van der Waals surface area contributed by atoms with E-state index in [1.165, 1.54) is 5.39 Å². The molecule has 1 amide bonds. The molecular formula is C25H19N3O. The minimum Gasteiger partial charge on any atom is -0.310 e. The van der Waals surface area contributed by atoms with Crippen molar-refractivity contribution in [1.82, 2.24) is 9.38 Å². The largest absolute Gasteiger partial charge is 0.310 e. The number of carbonyl (C=O) groups excluding carboxylic acids is 1. The first-order chi connectivity index (χ1) is 14.3. The third kappa shape index (κ3) is 3.36. The van der Waals surface area contributed by atoms with Gasteiger partial charge in [-0.05, 0) is 34.5 Å². The van der Waals surface area contributed by atoms with E-state index in [2.05, 4.69) is 35.6 Å². The molecule has 0 bridgehead atoms. The third-order valence-electron chi connectivity index (χ3n) is 5.02. The van der Waals surface area contributed by atoms with E-state index in [1.807, 2.05) is 71.3 Å². The molecule has 0 atom stereocenters. The molecule has 0 aliphatic rings. The molecule has 2 heterocycles. The summed E-state index contributed by atoms with van der Waals surface area (Å²) >= 11 is 0. The van der Waals surface area contributed by atoms with Gasteiger partial charge >= 0.3 is 0 Å². The van der Waals surface area contributed by atoms with Gasteiger partial charge in [-0.3, -0.25) is 9.20 Å². The zero-order chi connectivity index (χ0) is 19.6. The molecule has 140 valence electrons. The number of amides is 1. The van der Waals surface area contributed by atoms with Crippen LogP contribution in [-0.2, 0) is 11.2 Å². The molecule has 4 heteroatoms. The lowest BCUT2D eigenvalue weighted by molar-refractivity contribution is -0.115. The van der Waals surface area contributed by atoms with Gasteiger partial charge in [0.1, 0.15) is 17.2 Å². The van der Waals surface area contributed by atoms with Crippen LogP contribution in [0.25, 0.3) is 27.7 Å². The maximum Gasteiger partial charge on any atom is 0.229 e. The van der Waals surface area contributed by atoms with Crippen molar-refractivity contribution in [2.75, 3.05) is 5.32 Å². The average molecular weight is 377 g/mol. The van der Waals surface area contributed by atoms with Gasteiger partial charge in [0.05, 0.1) is 6.42 Å². The zero-order valence-electron chi connectivity index (χ0n) is 15.7. The minimum absolute atomic E-state index is 0.0658. The van der Waals surface area contributed by atoms with E-state index >= 15 is 0 Å². The molecule has 0 aliphatic carbocycles. The Balaban J connectivity index is 1.57. The van der Waals surface area contributed by atoms with Gasteiger partial charge in [-0.25, -0.2) is 4.98 Å². The maximum absolute atomic E-state index is 12.8. The highest BCUT2D eigenvalue weighted by atomic mass is 16.1. The third-order valence-corrected chi connectivity index (χ3v) is 5.02. The number of anilines is 1. The second-order valence-electron chi connectivity index (χ2n) is 7.01. The monoisotopic (exact) mass is 377 g/mol. The second kappa shape index (κ2) is 7.24. The number of nitrogens with zero attached hydrogens (tertiary/aromatic N) is 2. The minimum atomic E-state index is -0.0658. The Morgan fingerprint density at radius 2 is 1.59 bits per heavy atom. The number of nitrogens with one attached hydrogen (secondary N) is 1. The average Bonchev–Trinajstić information content (AvgIpc) is 3.12. The van der Waals surface area contributed by atoms with E-state index in [-0.39, 0.29) is 5.91 Å². The maximum atomic E-state index is 12.8. The normalized spacial score (nSPS) is 11.0. The molecule has 5 aromatic rings. The molecular weight excluding hydrogens is 358 g/mol. The van der Waals surface area contributed by atoms with Crippen LogP contribution in [0.15, 0.2) is 97.2 Å². The Labute approximate surface area is 168 Å². The fourth-order valence-corrected chi connectivity index (χ4v) is 3.61. The number of hydrogen-bond acceptors (Lipinski definition) is 2. The fourth-order valence-electron chi connectivity index (χ4n) is 3.61. The van der Waals surface area contributed by atoms with Gasteiger partial charge in [-0.2, -0.15) is 0 Å². The van der Waals surface area contributed by atoms with Gasteiger partial charge in [0.25, 0.3) is 0 Å². The van der Waals surface area contributed by atoms with E-state index in [0.29, 0.717) is 12.2 Å². The van der Waals surface area contributed by atoms with Gasteiger partial charge in [0.2, 0.25) is 5.91 Å². The Bertz CT molecular complexity index is 1320. The summed E-state index contributed by atoms with van der Waals surface area (Å²) in [6, 6.07) is 30.1. The Hall–Kier alpha value is -3.92. The summed E-state index contributed by atoms with van der Waals surface area (Å²) in [6.07, 6.45) is 2.24. The van der Waals surface area contributed by atoms with Crippen molar-refractivity contribution in [2.45, 2.75) is 6.42 Å². The number of fused-ring (bicyclic) bond motifs is 2. The predicted molar refractivity (Wildman–Crippen MR) is 117 cm³/mol. The van der Waals surface area contributed by atoms with Gasteiger partial charge in [-0.15, -0.1) is 0 Å². The highest BCUT2D eigenvalue weighted by Gasteiger charge is 2.17. The quantitative estimate of drug-likeness (QED) is 0.460. The van der Waals surface area contributed by atoms with E-state index in [0.717, 1.165) is 27.9 Å². The molecule has 5 rings (SSSR count). The van der Waals surface area contributed by atoms with Crippen LogP contribution >= 0.6 is 0 Å². The van der Waals surface area contributed by atoms with Crippen LogP contribution in [0, 0.1) is 0 Å². The second-order valence-corrected chi connectivity index (χ2v) is 7.01. The first-order valence-corrected chi connectivity index (χ1v) is 9.58. The van der Waals surface area contributed by atoms with Gasteiger partial charge in [-0.1, -0.05) is 72.8 Å². The highest BCUT2D eigenvalue weighted by molar-refractivity contribution is 5.97. The fraction of sp³-hybridized carbons (Fsp3) is 0.0400. The summed E-state index contributed by atoms with van der Waals surface area (Å²) < 4.78 is 1.92. The molecule has 0 radical (unpaired) electrons. The lowest BCUT2D eigenvalue weighted by Crippen LogP contribution is -2.16. The van der Waals surface area contributed by atoms with Crippen molar-refractivity contribution in [3.05, 3.63) is 103 Å². The van der Waals surface area contributed by atoms with Crippen molar-refractivity contribution >= 4 is 28.1 Å². The molecule has 0 saturated carbocycles. The number of rotatable bonds is 4. The van der Waals surface area contributed by atoms with Crippen molar-refractivity contribution in [1.29, 1.82) is 0 Å². The van der Waals surface area contributed by atoms with Crippen molar-refractivity contribution < 1.29 is 4.79 Å². The van der Waals surface area contributed by atoms with Gasteiger partial charge < -0.3 is 5.32 Å². The van der Waals surface area contributed by atoms with Crippen molar-refractivity contribution in [2.24, 2.45) is 0 Å². The summed E-state index contributed by atoms with van der Waals surface area (Å²) in [5.74, 6) is 0.626. The summed E-state index contributed by atoms with van der Waals surface area (Å²) in [6.45, 7) is 0. The van der Waals surface area contributed by atoms with Crippen LogP contribution in [0.2, 0.25) is 0 Å². The predicted octanol–water partition coefficient (Wildman–Crippen LogP) is 5.34. The number of hydrogen-bond donors (Lipinski definition) is 1. The van der Waals surface area contributed by atoms with Crippen molar-refractivity contribution in [3.8, 4) is 11.3 Å². The van der Waals surface area contributed by atoms with Gasteiger partial charge in [0.15, 0.2) is 0 Å². The number of imidazole rings is 1. The summed E-state index contributed by atoms with van der Waals surface area (Å²) in [4.78, 5) is 17.6. The molecule has 2 aromatic heterocycles. The number of benzene rings is 3. The number of aromatic nitrogens is 2. The Kier molecular flexibility index (Phi) is 4.30. The summed E-state index contributed by atoms with van der Waals surface area (Å²) in [5.41, 5.74) is 3.52. The van der Waals surface area contributed by atoms with E-state index in [4.69, 9.17) is 4.98 Å². The van der Waals surface area contributed by atoms with Crippen LogP contribution in [0.1, 0.15) is 5.56 Å². The molecule has 3 aromatic carbocycles. The smallest absolute Gasteiger partial charge is 0.229 e. The van der Waals surface area contributed by atoms with Crippen molar-refractivity contribution in [3.63, 3.8) is 0 Å². The Morgan fingerprint density at radius 1 is 0.828 bits per heavy atom. The zero-order valence-corrected chi connectivity index (χ0v) is 15.7. The lowest BCUT2D eigenvalue weighted by atomic mass is 10.0. The summed E-state index contributed by atoms with van der Waals surface area (Å²) in [5, 5.41) is 5.41. The van der Waals surface area contributed by atoms with E-state index in [1.54, 1.807) is 0 Å². The van der Waals surface area contributed by atoms with Crippen LogP contribution in [-0.4, -0.2) is 15.3 Å². The molecule has 0 saturated heterocycles. The SMILES string of the molecule is O=C(Cc1ccccc1)Nc1c(-c2ccc3ccccc3c2)nc2ccccn12. The number of carbonyl (C=O) groups is 1. The van der Waals surface area contributed by atoms with Crippen LogP contribution in [0.5, 0.6) is 0 Å². The molecule has 0 aliphatic heterocycles.